The number of hydrogen-bond donors (Lipinski definition) is 2. The zero-order valence-corrected chi connectivity index (χ0v) is 14.9. The van der Waals surface area contributed by atoms with Crippen LogP contribution in [0.25, 0.3) is 0 Å². The van der Waals surface area contributed by atoms with Crippen molar-refractivity contribution in [3.8, 4) is 0 Å². The van der Waals surface area contributed by atoms with Crippen LogP contribution in [-0.4, -0.2) is 25.0 Å². The molecule has 0 aromatic heterocycles. The fraction of sp³-hybridized carbons (Fsp3) is 0.562. The monoisotopic (exact) mass is 347 g/mol. The molecule has 126 valence electrons. The Kier molecular flexibility index (Phi) is 9.49. The minimum absolute atomic E-state index is 0. The van der Waals surface area contributed by atoms with Gasteiger partial charge in [0.25, 0.3) is 0 Å². The third-order valence-electron chi connectivity index (χ3n) is 4.19. The molecule has 0 aliphatic heterocycles. The lowest BCUT2D eigenvalue weighted by Gasteiger charge is -2.29. The Balaban J connectivity index is 0.00000220. The molecule has 4 nitrogen and oxygen atoms in total. The quantitative estimate of drug-likeness (QED) is 0.855. The highest BCUT2D eigenvalue weighted by Gasteiger charge is 2.22. The number of amides is 1. The summed E-state index contributed by atoms with van der Waals surface area (Å²) in [6.45, 7) is 1.92. The molecule has 0 radical (unpaired) electrons. The smallest absolute Gasteiger partial charge is 0.241 e. The van der Waals surface area contributed by atoms with Gasteiger partial charge in [0.15, 0.2) is 0 Å². The van der Waals surface area contributed by atoms with E-state index in [1.165, 1.54) is 25.7 Å². The molecule has 0 saturated heterocycles. The lowest BCUT2D eigenvalue weighted by atomic mass is 10.1. The molecule has 0 unspecified atom stereocenters. The van der Waals surface area contributed by atoms with Crippen LogP contribution in [0.5, 0.6) is 0 Å². The van der Waals surface area contributed by atoms with Gasteiger partial charge in [0, 0.05) is 13.1 Å². The number of nitrogens with two attached hydrogens (primary N) is 1. The highest BCUT2D eigenvalue weighted by Crippen LogP contribution is 2.31. The van der Waals surface area contributed by atoms with E-state index in [0.717, 1.165) is 11.4 Å². The molecule has 1 fully saturated rings. The Morgan fingerprint density at radius 3 is 2.50 bits per heavy atom. The number of nitrogens with zero attached hydrogens (tertiary/aromatic N) is 1. The molecule has 0 bridgehead atoms. The van der Waals surface area contributed by atoms with E-state index in [4.69, 9.17) is 5.73 Å². The van der Waals surface area contributed by atoms with Crippen LogP contribution in [0.2, 0.25) is 0 Å². The van der Waals surface area contributed by atoms with E-state index in [2.05, 4.69) is 23.3 Å². The van der Waals surface area contributed by atoms with E-state index >= 15 is 0 Å². The van der Waals surface area contributed by atoms with Gasteiger partial charge in [0.2, 0.25) is 5.91 Å². The summed E-state index contributed by atoms with van der Waals surface area (Å²) in [5.74, 6) is -0.111. The molecule has 1 aliphatic rings. The summed E-state index contributed by atoms with van der Waals surface area (Å²) in [6, 6.07) is 8.09. The molecule has 3 N–H and O–H groups in total. The fourth-order valence-electron chi connectivity index (χ4n) is 2.79. The SMILES string of the molecule is CC[C@H](N)C(=O)Nc1ccccc1N(C)C1CCCC1.Cl.Cl. The molecular formula is C16H27Cl2N3O. The van der Waals surface area contributed by atoms with Crippen LogP contribution in [0.4, 0.5) is 11.4 Å². The summed E-state index contributed by atoms with van der Waals surface area (Å²) in [6.07, 6.45) is 5.70. The average molecular weight is 348 g/mol. The van der Waals surface area contributed by atoms with Gasteiger partial charge in [-0.05, 0) is 31.4 Å². The average Bonchev–Trinajstić information content (AvgIpc) is 3.00. The van der Waals surface area contributed by atoms with Gasteiger partial charge in [-0.2, -0.15) is 0 Å². The maximum absolute atomic E-state index is 12.0. The van der Waals surface area contributed by atoms with Crippen molar-refractivity contribution >= 4 is 42.1 Å². The van der Waals surface area contributed by atoms with Crippen molar-refractivity contribution in [2.75, 3.05) is 17.3 Å². The topological polar surface area (TPSA) is 58.4 Å². The van der Waals surface area contributed by atoms with Crippen LogP contribution >= 0.6 is 24.8 Å². The van der Waals surface area contributed by atoms with Crippen molar-refractivity contribution in [1.82, 2.24) is 0 Å². The van der Waals surface area contributed by atoms with Crippen LogP contribution in [0.15, 0.2) is 24.3 Å². The summed E-state index contributed by atoms with van der Waals surface area (Å²) in [7, 11) is 2.11. The Hall–Kier alpha value is -0.970. The predicted molar refractivity (Wildman–Crippen MR) is 98.5 cm³/mol. The number of nitrogens with one attached hydrogen (secondary N) is 1. The van der Waals surface area contributed by atoms with Crippen LogP contribution < -0.4 is 16.0 Å². The van der Waals surface area contributed by atoms with Gasteiger partial charge in [-0.3, -0.25) is 4.79 Å². The van der Waals surface area contributed by atoms with Gasteiger partial charge in [-0.25, -0.2) is 0 Å². The molecule has 1 aromatic rings. The van der Waals surface area contributed by atoms with Crippen LogP contribution in [0, 0.1) is 0 Å². The van der Waals surface area contributed by atoms with Crippen molar-refractivity contribution in [3.63, 3.8) is 0 Å². The number of benzene rings is 1. The first-order valence-electron chi connectivity index (χ1n) is 7.51. The van der Waals surface area contributed by atoms with E-state index < -0.39 is 6.04 Å². The van der Waals surface area contributed by atoms with Crippen LogP contribution in [0.1, 0.15) is 39.0 Å². The summed E-state index contributed by atoms with van der Waals surface area (Å²) in [4.78, 5) is 14.3. The van der Waals surface area contributed by atoms with E-state index in [-0.39, 0.29) is 30.7 Å². The van der Waals surface area contributed by atoms with Gasteiger partial charge in [0.1, 0.15) is 0 Å². The molecule has 1 atom stereocenters. The summed E-state index contributed by atoms with van der Waals surface area (Å²) < 4.78 is 0. The van der Waals surface area contributed by atoms with Crippen molar-refractivity contribution < 1.29 is 4.79 Å². The molecule has 1 saturated carbocycles. The second kappa shape index (κ2) is 9.93. The largest absolute Gasteiger partial charge is 0.370 e. The van der Waals surface area contributed by atoms with Crippen molar-refractivity contribution in [1.29, 1.82) is 0 Å². The number of carbonyl (C=O) groups is 1. The third-order valence-corrected chi connectivity index (χ3v) is 4.19. The number of rotatable bonds is 5. The van der Waals surface area contributed by atoms with E-state index in [1.54, 1.807) is 0 Å². The Morgan fingerprint density at radius 2 is 1.91 bits per heavy atom. The fourth-order valence-corrected chi connectivity index (χ4v) is 2.79. The molecule has 0 heterocycles. The normalized spacial score (nSPS) is 15.4. The second-order valence-electron chi connectivity index (χ2n) is 5.57. The lowest BCUT2D eigenvalue weighted by Crippen LogP contribution is -2.36. The molecular weight excluding hydrogens is 321 g/mol. The van der Waals surface area contributed by atoms with Gasteiger partial charge in [0.05, 0.1) is 17.4 Å². The maximum Gasteiger partial charge on any atom is 0.241 e. The number of para-hydroxylation sites is 2. The first-order valence-corrected chi connectivity index (χ1v) is 7.51. The highest BCUT2D eigenvalue weighted by molar-refractivity contribution is 5.97. The zero-order chi connectivity index (χ0) is 14.5. The van der Waals surface area contributed by atoms with E-state index in [1.807, 2.05) is 25.1 Å². The first kappa shape index (κ1) is 21.0. The van der Waals surface area contributed by atoms with Crippen molar-refractivity contribution in [2.45, 2.75) is 51.1 Å². The van der Waals surface area contributed by atoms with Gasteiger partial charge >= 0.3 is 0 Å². The molecule has 6 heteroatoms. The number of carbonyl (C=O) groups excluding carboxylic acids is 1. The predicted octanol–water partition coefficient (Wildman–Crippen LogP) is 3.58. The van der Waals surface area contributed by atoms with Gasteiger partial charge in [-0.1, -0.05) is 31.9 Å². The minimum atomic E-state index is -0.445. The minimum Gasteiger partial charge on any atom is -0.370 e. The standard InChI is InChI=1S/C16H25N3O.2ClH/c1-3-13(17)16(20)18-14-10-6-7-11-15(14)19(2)12-8-4-5-9-12;;/h6-7,10-13H,3-5,8-9,17H2,1-2H3,(H,18,20);2*1H/t13-;;/m0../s1. The summed E-state index contributed by atoms with van der Waals surface area (Å²) >= 11 is 0. The molecule has 2 rings (SSSR count). The summed E-state index contributed by atoms with van der Waals surface area (Å²) in [5.41, 5.74) is 7.72. The third kappa shape index (κ3) is 5.04. The van der Waals surface area contributed by atoms with Crippen LogP contribution in [0.3, 0.4) is 0 Å². The molecule has 1 aromatic carbocycles. The van der Waals surface area contributed by atoms with Crippen molar-refractivity contribution in [2.24, 2.45) is 5.73 Å². The van der Waals surface area contributed by atoms with E-state index in [9.17, 15) is 4.79 Å². The molecule has 22 heavy (non-hydrogen) atoms. The summed E-state index contributed by atoms with van der Waals surface area (Å²) in [5, 5.41) is 2.96. The number of hydrogen-bond acceptors (Lipinski definition) is 3. The molecule has 0 spiro atoms. The Morgan fingerprint density at radius 1 is 1.32 bits per heavy atom. The Labute approximate surface area is 145 Å². The Bertz CT molecular complexity index is 464. The number of halogens is 2. The van der Waals surface area contributed by atoms with Gasteiger partial charge in [-0.15, -0.1) is 24.8 Å². The lowest BCUT2D eigenvalue weighted by molar-refractivity contribution is -0.117. The number of anilines is 2. The van der Waals surface area contributed by atoms with Crippen LogP contribution in [-0.2, 0) is 4.79 Å². The molecule has 1 amide bonds. The van der Waals surface area contributed by atoms with Crippen molar-refractivity contribution in [3.05, 3.63) is 24.3 Å². The zero-order valence-electron chi connectivity index (χ0n) is 13.2. The van der Waals surface area contributed by atoms with Gasteiger partial charge < -0.3 is 16.0 Å². The van der Waals surface area contributed by atoms with E-state index in [0.29, 0.717) is 12.5 Å². The highest BCUT2D eigenvalue weighted by atomic mass is 35.5. The second-order valence-corrected chi connectivity index (χ2v) is 5.57. The molecule has 1 aliphatic carbocycles. The first-order chi connectivity index (χ1) is 9.63. The maximum atomic E-state index is 12.0.